The summed E-state index contributed by atoms with van der Waals surface area (Å²) in [5.74, 6) is 1.82. The Bertz CT molecular complexity index is 449. The molecule has 1 aromatic rings. The Morgan fingerprint density at radius 3 is 2.84 bits per heavy atom. The van der Waals surface area contributed by atoms with Gasteiger partial charge < -0.3 is 9.88 Å². The number of hydrogen-bond acceptors (Lipinski definition) is 3. The molecule has 1 atom stereocenters. The molecule has 0 aromatic carbocycles. The molecular weight excluding hydrogens is 236 g/mol. The molecule has 0 radical (unpaired) electrons. The fourth-order valence-electron chi connectivity index (χ4n) is 3.42. The monoisotopic (exact) mass is 262 g/mol. The van der Waals surface area contributed by atoms with Gasteiger partial charge in [-0.05, 0) is 26.3 Å². The maximum Gasteiger partial charge on any atom is 0.111 e. The molecule has 19 heavy (non-hydrogen) atoms. The van der Waals surface area contributed by atoms with E-state index >= 15 is 0 Å². The van der Waals surface area contributed by atoms with Gasteiger partial charge in [0.1, 0.15) is 5.82 Å². The van der Waals surface area contributed by atoms with Crippen LogP contribution in [0, 0.1) is 0 Å². The van der Waals surface area contributed by atoms with Gasteiger partial charge in [-0.2, -0.15) is 0 Å². The number of imidazole rings is 1. The lowest BCUT2D eigenvalue weighted by molar-refractivity contribution is 0.197. The summed E-state index contributed by atoms with van der Waals surface area (Å²) in [5.41, 5.74) is 2.86. The first-order valence-corrected chi connectivity index (χ1v) is 7.68. The molecule has 2 aliphatic heterocycles. The molecule has 1 unspecified atom stereocenters. The van der Waals surface area contributed by atoms with Gasteiger partial charge in [0.2, 0.25) is 0 Å². The maximum absolute atomic E-state index is 5.05. The average Bonchev–Trinajstić information content (AvgIpc) is 2.79. The summed E-state index contributed by atoms with van der Waals surface area (Å²) in [4.78, 5) is 7.50. The number of aromatic nitrogens is 2. The predicted molar refractivity (Wildman–Crippen MR) is 77.5 cm³/mol. The molecule has 0 aliphatic carbocycles. The van der Waals surface area contributed by atoms with E-state index in [9.17, 15) is 0 Å². The van der Waals surface area contributed by atoms with Crippen LogP contribution in [0.2, 0.25) is 0 Å². The Kier molecular flexibility index (Phi) is 3.63. The van der Waals surface area contributed by atoms with E-state index in [1.807, 2.05) is 0 Å². The summed E-state index contributed by atoms with van der Waals surface area (Å²) < 4.78 is 2.51. The van der Waals surface area contributed by atoms with Gasteiger partial charge in [0.05, 0.1) is 11.7 Å². The molecule has 1 aromatic heterocycles. The van der Waals surface area contributed by atoms with Crippen LogP contribution in [0.4, 0.5) is 0 Å². The lowest BCUT2D eigenvalue weighted by Crippen LogP contribution is -2.44. The number of nitrogens with one attached hydrogen (secondary N) is 1. The highest BCUT2D eigenvalue weighted by Crippen LogP contribution is 2.31. The summed E-state index contributed by atoms with van der Waals surface area (Å²) in [5, 5.41) is 3.52. The van der Waals surface area contributed by atoms with E-state index in [4.69, 9.17) is 4.98 Å². The van der Waals surface area contributed by atoms with Crippen molar-refractivity contribution in [3.8, 4) is 0 Å². The second kappa shape index (κ2) is 5.25. The SMILES string of the molecule is CC(C)c1nc(C2CNCCN2C)c2n1CCCC2. The third kappa shape index (κ3) is 2.32. The molecular formula is C15H26N4. The second-order valence-corrected chi connectivity index (χ2v) is 6.27. The zero-order valence-electron chi connectivity index (χ0n) is 12.4. The Labute approximate surface area is 116 Å². The van der Waals surface area contributed by atoms with Crippen molar-refractivity contribution < 1.29 is 0 Å². The van der Waals surface area contributed by atoms with Crippen LogP contribution in [0.15, 0.2) is 0 Å². The molecule has 0 amide bonds. The van der Waals surface area contributed by atoms with E-state index in [2.05, 4.69) is 35.7 Å². The van der Waals surface area contributed by atoms with Crippen molar-refractivity contribution in [1.29, 1.82) is 0 Å². The van der Waals surface area contributed by atoms with Crippen LogP contribution in [0.25, 0.3) is 0 Å². The van der Waals surface area contributed by atoms with E-state index < -0.39 is 0 Å². The summed E-state index contributed by atoms with van der Waals surface area (Å²) in [6.07, 6.45) is 3.83. The number of nitrogens with zero attached hydrogens (tertiary/aromatic N) is 3. The van der Waals surface area contributed by atoms with E-state index in [0.717, 1.165) is 19.6 Å². The van der Waals surface area contributed by atoms with E-state index in [-0.39, 0.29) is 0 Å². The van der Waals surface area contributed by atoms with Crippen LogP contribution in [0.3, 0.4) is 0 Å². The molecule has 3 rings (SSSR count). The Morgan fingerprint density at radius 1 is 1.26 bits per heavy atom. The van der Waals surface area contributed by atoms with Crippen LogP contribution in [-0.2, 0) is 13.0 Å². The molecule has 4 heteroatoms. The lowest BCUT2D eigenvalue weighted by atomic mass is 10.0. The van der Waals surface area contributed by atoms with E-state index in [1.54, 1.807) is 0 Å². The third-order valence-electron chi connectivity index (χ3n) is 4.52. The van der Waals surface area contributed by atoms with E-state index in [1.165, 1.54) is 43.0 Å². The standard InChI is InChI=1S/C15H26N4/c1-11(2)15-17-14(12-6-4-5-8-19(12)15)13-10-16-7-9-18(13)3/h11,13,16H,4-10H2,1-3H3. The Balaban J connectivity index is 2.00. The molecule has 4 nitrogen and oxygen atoms in total. The summed E-state index contributed by atoms with van der Waals surface area (Å²) in [7, 11) is 2.23. The molecule has 0 bridgehead atoms. The van der Waals surface area contributed by atoms with E-state index in [0.29, 0.717) is 12.0 Å². The van der Waals surface area contributed by atoms with Gasteiger partial charge in [0.25, 0.3) is 0 Å². The number of rotatable bonds is 2. The van der Waals surface area contributed by atoms with Crippen molar-refractivity contribution in [2.45, 2.75) is 51.6 Å². The zero-order valence-corrected chi connectivity index (χ0v) is 12.4. The van der Waals surface area contributed by atoms with Crippen LogP contribution < -0.4 is 5.32 Å². The quantitative estimate of drug-likeness (QED) is 0.884. The van der Waals surface area contributed by atoms with Gasteiger partial charge in [0.15, 0.2) is 0 Å². The average molecular weight is 262 g/mol. The van der Waals surface area contributed by atoms with Gasteiger partial charge in [-0.3, -0.25) is 4.90 Å². The number of hydrogen-bond donors (Lipinski definition) is 1. The smallest absolute Gasteiger partial charge is 0.111 e. The Morgan fingerprint density at radius 2 is 2.11 bits per heavy atom. The largest absolute Gasteiger partial charge is 0.331 e. The molecule has 0 saturated carbocycles. The maximum atomic E-state index is 5.05. The topological polar surface area (TPSA) is 33.1 Å². The third-order valence-corrected chi connectivity index (χ3v) is 4.52. The lowest BCUT2D eigenvalue weighted by Gasteiger charge is -2.33. The highest BCUT2D eigenvalue weighted by molar-refractivity contribution is 5.24. The fourth-order valence-corrected chi connectivity index (χ4v) is 3.42. The highest BCUT2D eigenvalue weighted by Gasteiger charge is 2.29. The number of fused-ring (bicyclic) bond motifs is 1. The van der Waals surface area contributed by atoms with Crippen LogP contribution in [-0.4, -0.2) is 41.1 Å². The van der Waals surface area contributed by atoms with Crippen molar-refractivity contribution >= 4 is 0 Å². The van der Waals surface area contributed by atoms with Crippen molar-refractivity contribution in [3.63, 3.8) is 0 Å². The minimum Gasteiger partial charge on any atom is -0.331 e. The summed E-state index contributed by atoms with van der Waals surface area (Å²) >= 11 is 0. The molecule has 2 aliphatic rings. The van der Waals surface area contributed by atoms with Gasteiger partial charge in [-0.1, -0.05) is 13.8 Å². The van der Waals surface area contributed by atoms with Gasteiger partial charge >= 0.3 is 0 Å². The normalized spacial score (nSPS) is 24.7. The minimum atomic E-state index is 0.459. The van der Waals surface area contributed by atoms with Crippen molar-refractivity contribution in [2.24, 2.45) is 0 Å². The van der Waals surface area contributed by atoms with Gasteiger partial charge in [-0.15, -0.1) is 0 Å². The molecule has 3 heterocycles. The summed E-state index contributed by atoms with van der Waals surface area (Å²) in [6, 6.07) is 0.459. The van der Waals surface area contributed by atoms with Crippen molar-refractivity contribution in [2.75, 3.05) is 26.7 Å². The van der Waals surface area contributed by atoms with Crippen LogP contribution in [0.1, 0.15) is 55.9 Å². The molecule has 1 saturated heterocycles. The first-order chi connectivity index (χ1) is 9.18. The van der Waals surface area contributed by atoms with Crippen molar-refractivity contribution in [1.82, 2.24) is 19.8 Å². The van der Waals surface area contributed by atoms with Crippen LogP contribution in [0.5, 0.6) is 0 Å². The minimum absolute atomic E-state index is 0.459. The second-order valence-electron chi connectivity index (χ2n) is 6.27. The van der Waals surface area contributed by atoms with Crippen LogP contribution >= 0.6 is 0 Å². The molecule has 1 fully saturated rings. The molecule has 106 valence electrons. The Hall–Kier alpha value is -0.870. The zero-order chi connectivity index (χ0) is 13.4. The van der Waals surface area contributed by atoms with Crippen molar-refractivity contribution in [3.05, 3.63) is 17.2 Å². The molecule has 1 N–H and O–H groups in total. The first kappa shape index (κ1) is 13.1. The number of likely N-dealkylation sites (N-methyl/N-ethyl adjacent to an activating group) is 1. The number of piperazine rings is 1. The highest BCUT2D eigenvalue weighted by atomic mass is 15.2. The summed E-state index contributed by atoms with van der Waals surface area (Å²) in [6.45, 7) is 8.94. The predicted octanol–water partition coefficient (Wildman–Crippen LogP) is 1.92. The first-order valence-electron chi connectivity index (χ1n) is 7.68. The fraction of sp³-hybridized carbons (Fsp3) is 0.800. The van der Waals surface area contributed by atoms with Gasteiger partial charge in [-0.25, -0.2) is 4.98 Å². The molecule has 0 spiro atoms. The van der Waals surface area contributed by atoms with Gasteiger partial charge in [0, 0.05) is 37.8 Å².